The van der Waals surface area contributed by atoms with Gasteiger partial charge in [0.2, 0.25) is 0 Å². The summed E-state index contributed by atoms with van der Waals surface area (Å²) in [6.07, 6.45) is 1.25. The van der Waals surface area contributed by atoms with Crippen LogP contribution in [0.5, 0.6) is 0 Å². The van der Waals surface area contributed by atoms with Crippen molar-refractivity contribution in [1.29, 1.82) is 5.26 Å². The maximum atomic E-state index is 12.1. The van der Waals surface area contributed by atoms with E-state index in [0.29, 0.717) is 24.9 Å². The fourth-order valence-electron chi connectivity index (χ4n) is 1.88. The zero-order chi connectivity index (χ0) is 15.9. The van der Waals surface area contributed by atoms with E-state index in [2.05, 4.69) is 5.32 Å². The number of hydrogen-bond acceptors (Lipinski definition) is 5. The van der Waals surface area contributed by atoms with Crippen molar-refractivity contribution >= 4 is 9.84 Å². The van der Waals surface area contributed by atoms with Gasteiger partial charge in [-0.15, -0.1) is 0 Å². The molecular weight excluding hydrogens is 288 g/mol. The third kappa shape index (κ3) is 5.12. The van der Waals surface area contributed by atoms with Crippen LogP contribution in [0.4, 0.5) is 0 Å². The van der Waals surface area contributed by atoms with Crippen molar-refractivity contribution < 1.29 is 13.5 Å². The van der Waals surface area contributed by atoms with E-state index < -0.39 is 15.4 Å². The maximum Gasteiger partial charge on any atom is 0.179 e. The molecule has 21 heavy (non-hydrogen) atoms. The van der Waals surface area contributed by atoms with Crippen LogP contribution in [-0.2, 0) is 9.84 Å². The first-order chi connectivity index (χ1) is 9.87. The van der Waals surface area contributed by atoms with Crippen LogP contribution in [0.25, 0.3) is 0 Å². The molecule has 6 heteroatoms. The molecule has 0 fully saturated rings. The fraction of sp³-hybridized carbons (Fsp3) is 0.533. The second-order valence-corrected chi connectivity index (χ2v) is 7.17. The highest BCUT2D eigenvalue weighted by molar-refractivity contribution is 7.91. The molecule has 0 amide bonds. The van der Waals surface area contributed by atoms with Crippen molar-refractivity contribution in [3.05, 3.63) is 29.8 Å². The number of nitrogens with zero attached hydrogens (tertiary/aromatic N) is 1. The molecule has 0 unspecified atom stereocenters. The highest BCUT2D eigenvalue weighted by Crippen LogP contribution is 2.14. The molecule has 0 saturated heterocycles. The molecular formula is C15H22N2O3S. The summed E-state index contributed by atoms with van der Waals surface area (Å²) in [6.45, 7) is 4.46. The lowest BCUT2D eigenvalue weighted by molar-refractivity contribution is 0.0332. The van der Waals surface area contributed by atoms with Crippen LogP contribution in [0.3, 0.4) is 0 Å². The Bertz CT molecular complexity index is 584. The molecule has 0 atom stereocenters. The molecule has 0 aliphatic rings. The SMILES string of the molecule is CCC(O)(CC)CNCCS(=O)(=O)c1ccc(C#N)cc1. The number of nitriles is 1. The second-order valence-electron chi connectivity index (χ2n) is 5.06. The molecule has 0 radical (unpaired) electrons. The lowest BCUT2D eigenvalue weighted by Crippen LogP contribution is -2.41. The number of sulfone groups is 1. The molecule has 1 aromatic rings. The molecule has 116 valence electrons. The lowest BCUT2D eigenvalue weighted by atomic mass is 9.98. The number of hydrogen-bond donors (Lipinski definition) is 2. The third-order valence-electron chi connectivity index (χ3n) is 3.66. The van der Waals surface area contributed by atoms with Gasteiger partial charge in [-0.25, -0.2) is 8.42 Å². The van der Waals surface area contributed by atoms with Gasteiger partial charge in [0.25, 0.3) is 0 Å². The van der Waals surface area contributed by atoms with Crippen LogP contribution in [0.2, 0.25) is 0 Å². The average molecular weight is 310 g/mol. The fourth-order valence-corrected chi connectivity index (χ4v) is 3.08. The summed E-state index contributed by atoms with van der Waals surface area (Å²) in [4.78, 5) is 0.213. The van der Waals surface area contributed by atoms with E-state index >= 15 is 0 Å². The van der Waals surface area contributed by atoms with E-state index in [1.807, 2.05) is 19.9 Å². The highest BCUT2D eigenvalue weighted by Gasteiger charge is 2.22. The Hall–Kier alpha value is -1.42. The Morgan fingerprint density at radius 3 is 2.29 bits per heavy atom. The predicted octanol–water partition coefficient (Wildman–Crippen LogP) is 1.47. The Labute approximate surface area is 126 Å². The molecule has 1 aromatic carbocycles. The normalized spacial score (nSPS) is 12.1. The summed E-state index contributed by atoms with van der Waals surface area (Å²) >= 11 is 0. The molecule has 0 saturated carbocycles. The van der Waals surface area contributed by atoms with E-state index in [-0.39, 0.29) is 17.2 Å². The first-order valence-electron chi connectivity index (χ1n) is 7.03. The summed E-state index contributed by atoms with van der Waals surface area (Å²) in [6, 6.07) is 7.83. The van der Waals surface area contributed by atoms with Crippen molar-refractivity contribution in [2.45, 2.75) is 37.2 Å². The van der Waals surface area contributed by atoms with Gasteiger partial charge in [-0.05, 0) is 37.1 Å². The average Bonchev–Trinajstić information content (AvgIpc) is 2.51. The minimum Gasteiger partial charge on any atom is -0.389 e. The molecule has 2 N–H and O–H groups in total. The summed E-state index contributed by atoms with van der Waals surface area (Å²) in [7, 11) is -3.37. The Kier molecular flexibility index (Phi) is 6.34. The van der Waals surface area contributed by atoms with Crippen LogP contribution >= 0.6 is 0 Å². The minimum atomic E-state index is -3.37. The maximum absolute atomic E-state index is 12.1. The van der Waals surface area contributed by atoms with Crippen LogP contribution in [0, 0.1) is 11.3 Å². The Morgan fingerprint density at radius 2 is 1.81 bits per heavy atom. The largest absolute Gasteiger partial charge is 0.389 e. The molecule has 0 spiro atoms. The van der Waals surface area contributed by atoms with Crippen molar-refractivity contribution in [1.82, 2.24) is 5.32 Å². The van der Waals surface area contributed by atoms with Gasteiger partial charge in [-0.2, -0.15) is 5.26 Å². The highest BCUT2D eigenvalue weighted by atomic mass is 32.2. The van der Waals surface area contributed by atoms with Crippen molar-refractivity contribution in [3.63, 3.8) is 0 Å². The predicted molar refractivity (Wildman–Crippen MR) is 81.6 cm³/mol. The molecule has 0 aliphatic heterocycles. The topological polar surface area (TPSA) is 90.2 Å². The van der Waals surface area contributed by atoms with Crippen molar-refractivity contribution in [2.75, 3.05) is 18.8 Å². The molecule has 0 bridgehead atoms. The number of rotatable bonds is 8. The van der Waals surface area contributed by atoms with Crippen molar-refractivity contribution in [3.8, 4) is 6.07 Å². The Morgan fingerprint density at radius 1 is 1.24 bits per heavy atom. The summed E-state index contributed by atoms with van der Waals surface area (Å²) < 4.78 is 24.2. The van der Waals surface area contributed by atoms with E-state index in [1.54, 1.807) is 0 Å². The van der Waals surface area contributed by atoms with E-state index in [9.17, 15) is 13.5 Å². The number of aliphatic hydroxyl groups is 1. The molecule has 1 rings (SSSR count). The zero-order valence-corrected chi connectivity index (χ0v) is 13.3. The number of nitrogens with one attached hydrogen (secondary N) is 1. The second kappa shape index (κ2) is 7.55. The monoisotopic (exact) mass is 310 g/mol. The first-order valence-corrected chi connectivity index (χ1v) is 8.68. The van der Waals surface area contributed by atoms with E-state index in [4.69, 9.17) is 5.26 Å². The van der Waals surface area contributed by atoms with Crippen LogP contribution in [0.15, 0.2) is 29.2 Å². The van der Waals surface area contributed by atoms with Gasteiger partial charge in [-0.1, -0.05) is 13.8 Å². The summed E-state index contributed by atoms with van der Waals surface area (Å²) in [5.41, 5.74) is -0.346. The van der Waals surface area contributed by atoms with Gasteiger partial charge in [0.1, 0.15) is 0 Å². The van der Waals surface area contributed by atoms with Crippen LogP contribution in [-0.4, -0.2) is 38.0 Å². The van der Waals surface area contributed by atoms with Gasteiger partial charge in [0.15, 0.2) is 9.84 Å². The quantitative estimate of drug-likeness (QED) is 0.710. The first kappa shape index (κ1) is 17.6. The zero-order valence-electron chi connectivity index (χ0n) is 12.5. The van der Waals surface area contributed by atoms with Gasteiger partial charge >= 0.3 is 0 Å². The molecule has 5 nitrogen and oxygen atoms in total. The Balaban J connectivity index is 2.56. The summed E-state index contributed by atoms with van der Waals surface area (Å²) in [5, 5.41) is 21.8. The molecule has 0 heterocycles. The van der Waals surface area contributed by atoms with Crippen LogP contribution in [0.1, 0.15) is 32.3 Å². The summed E-state index contributed by atoms with van der Waals surface area (Å²) in [5.74, 6) is -0.0393. The van der Waals surface area contributed by atoms with Gasteiger partial charge in [0, 0.05) is 13.1 Å². The lowest BCUT2D eigenvalue weighted by Gasteiger charge is -2.25. The molecule has 0 aliphatic carbocycles. The van der Waals surface area contributed by atoms with Gasteiger partial charge in [0.05, 0.1) is 27.9 Å². The minimum absolute atomic E-state index is 0.0393. The van der Waals surface area contributed by atoms with Gasteiger partial charge < -0.3 is 10.4 Å². The van der Waals surface area contributed by atoms with E-state index in [0.717, 1.165) is 0 Å². The third-order valence-corrected chi connectivity index (χ3v) is 5.39. The number of benzene rings is 1. The van der Waals surface area contributed by atoms with Gasteiger partial charge in [-0.3, -0.25) is 0 Å². The van der Waals surface area contributed by atoms with E-state index in [1.165, 1.54) is 24.3 Å². The van der Waals surface area contributed by atoms with Crippen molar-refractivity contribution in [2.24, 2.45) is 0 Å². The van der Waals surface area contributed by atoms with Crippen LogP contribution < -0.4 is 5.32 Å². The molecule has 0 aromatic heterocycles. The standard InChI is InChI=1S/C15H22N2O3S/c1-3-15(18,4-2)12-17-9-10-21(19,20)14-7-5-13(11-16)6-8-14/h5-8,17-18H,3-4,9-10,12H2,1-2H3. The smallest absolute Gasteiger partial charge is 0.179 e.